The molecule has 2 atom stereocenters. The summed E-state index contributed by atoms with van der Waals surface area (Å²) in [6.07, 6.45) is -0.299. The van der Waals surface area contributed by atoms with Crippen molar-refractivity contribution < 1.29 is 13.9 Å². The second-order valence-corrected chi connectivity index (χ2v) is 7.38. The zero-order chi connectivity index (χ0) is 18.8. The molecule has 1 aromatic carbocycles. The Hall–Kier alpha value is -1.66. The lowest BCUT2D eigenvalue weighted by Gasteiger charge is -2.26. The minimum atomic E-state index is -2.91. The molecule has 25 heavy (non-hydrogen) atoms. The molecule has 2 aromatic rings. The van der Waals surface area contributed by atoms with Gasteiger partial charge in [0.2, 0.25) is 0 Å². The second-order valence-electron chi connectivity index (χ2n) is 6.48. The van der Waals surface area contributed by atoms with E-state index < -0.39 is 12.0 Å². The highest BCUT2D eigenvalue weighted by molar-refractivity contribution is 7.13. The zero-order valence-corrected chi connectivity index (χ0v) is 16.0. The number of halogens is 2. The first-order chi connectivity index (χ1) is 11.7. The van der Waals surface area contributed by atoms with E-state index in [0.29, 0.717) is 5.69 Å². The van der Waals surface area contributed by atoms with Crippen molar-refractivity contribution in [3.05, 3.63) is 34.8 Å². The minimum absolute atomic E-state index is 0.142. The first kappa shape index (κ1) is 19.7. The Bertz CT molecular complexity index is 755. The highest BCUT2D eigenvalue weighted by Crippen LogP contribution is 2.41. The maximum Gasteiger partial charge on any atom is 0.270 e. The average Bonchev–Trinajstić information content (AvgIpc) is 3.09. The number of aromatic nitrogens is 1. The van der Waals surface area contributed by atoms with Crippen LogP contribution >= 0.6 is 11.3 Å². The molecule has 2 unspecified atom stereocenters. The summed E-state index contributed by atoms with van der Waals surface area (Å²) in [5, 5.41) is 13.0. The molecule has 136 valence electrons. The van der Waals surface area contributed by atoms with Crippen molar-refractivity contribution in [1.29, 1.82) is 0 Å². The summed E-state index contributed by atoms with van der Waals surface area (Å²) in [6.45, 7) is 8.96. The maximum absolute atomic E-state index is 13.4. The van der Waals surface area contributed by atoms with E-state index in [-0.39, 0.29) is 11.5 Å². The normalized spacial score (nSPS) is 16.1. The van der Waals surface area contributed by atoms with Crippen molar-refractivity contribution >= 4 is 22.7 Å². The summed E-state index contributed by atoms with van der Waals surface area (Å²) in [6, 6.07) is 3.27. The van der Waals surface area contributed by atoms with Gasteiger partial charge in [0.1, 0.15) is 10.6 Å². The number of nitrogens with zero attached hydrogens (tertiary/aromatic N) is 2. The number of rotatable bonds is 6. The summed E-state index contributed by atoms with van der Waals surface area (Å²) in [4.78, 5) is 8.95. The van der Waals surface area contributed by atoms with Gasteiger partial charge in [0.05, 0.1) is 5.69 Å². The Morgan fingerprint density at radius 2 is 2.08 bits per heavy atom. The van der Waals surface area contributed by atoms with Crippen LogP contribution in [0.2, 0.25) is 0 Å². The minimum Gasteiger partial charge on any atom is -0.379 e. The number of benzene rings is 1. The quantitative estimate of drug-likeness (QED) is 0.664. The molecule has 0 bridgehead atoms. The fourth-order valence-electron chi connectivity index (χ4n) is 2.54. The number of hydrogen-bond acceptors (Lipinski definition) is 4. The molecule has 6 heteroatoms. The van der Waals surface area contributed by atoms with Crippen molar-refractivity contribution in [1.82, 2.24) is 4.98 Å². The van der Waals surface area contributed by atoms with Gasteiger partial charge in [-0.25, -0.2) is 13.8 Å². The molecule has 0 saturated heterocycles. The van der Waals surface area contributed by atoms with Crippen LogP contribution in [0, 0.1) is 12.8 Å². The van der Waals surface area contributed by atoms with E-state index in [4.69, 9.17) is 0 Å². The van der Waals surface area contributed by atoms with Gasteiger partial charge >= 0.3 is 0 Å². The molecule has 0 spiro atoms. The van der Waals surface area contributed by atoms with Crippen LogP contribution in [0.25, 0.3) is 10.6 Å². The maximum atomic E-state index is 13.4. The summed E-state index contributed by atoms with van der Waals surface area (Å²) >= 11 is 1.48. The van der Waals surface area contributed by atoms with Gasteiger partial charge in [-0.15, -0.1) is 11.3 Å². The first-order valence-corrected chi connectivity index (χ1v) is 9.17. The van der Waals surface area contributed by atoms with Crippen LogP contribution in [0.3, 0.4) is 0 Å². The average molecular weight is 366 g/mol. The molecule has 0 aliphatic heterocycles. The van der Waals surface area contributed by atoms with E-state index >= 15 is 0 Å². The van der Waals surface area contributed by atoms with Crippen LogP contribution in [0.15, 0.2) is 28.7 Å². The SMILES string of the molecule is CCC(C)/C(C)=N\c1c(C(C)(O)C(F)F)ccc(-c2nccs2)c1C. The predicted octanol–water partition coefficient (Wildman–Crippen LogP) is 5.73. The number of thiazole rings is 1. The van der Waals surface area contributed by atoms with Gasteiger partial charge in [-0.3, -0.25) is 4.99 Å². The first-order valence-electron chi connectivity index (χ1n) is 8.29. The monoisotopic (exact) mass is 366 g/mol. The molecular formula is C19H24F2N2OS. The molecule has 0 amide bonds. The summed E-state index contributed by atoms with van der Waals surface area (Å²) in [5.74, 6) is 0.229. The molecule has 2 rings (SSSR count). The third-order valence-corrected chi connectivity index (χ3v) is 5.48. The van der Waals surface area contributed by atoms with Crippen molar-refractivity contribution in [3.63, 3.8) is 0 Å². The molecule has 3 nitrogen and oxygen atoms in total. The number of hydrogen-bond donors (Lipinski definition) is 1. The summed E-state index contributed by atoms with van der Waals surface area (Å²) < 4.78 is 26.9. The molecule has 1 aromatic heterocycles. The van der Waals surface area contributed by atoms with E-state index in [1.807, 2.05) is 26.2 Å². The van der Waals surface area contributed by atoms with E-state index in [0.717, 1.165) is 35.2 Å². The van der Waals surface area contributed by atoms with Crippen LogP contribution in [-0.4, -0.2) is 22.2 Å². The van der Waals surface area contributed by atoms with Gasteiger partial charge in [-0.1, -0.05) is 26.0 Å². The van der Waals surface area contributed by atoms with Crippen molar-refractivity contribution in [3.8, 4) is 10.6 Å². The van der Waals surface area contributed by atoms with Gasteiger partial charge in [0.25, 0.3) is 6.43 Å². The van der Waals surface area contributed by atoms with E-state index in [1.165, 1.54) is 11.3 Å². The molecular weight excluding hydrogens is 342 g/mol. The molecule has 0 saturated carbocycles. The van der Waals surface area contributed by atoms with E-state index in [2.05, 4.69) is 16.9 Å². The molecule has 0 radical (unpaired) electrons. The van der Waals surface area contributed by atoms with Gasteiger partial charge in [0, 0.05) is 28.4 Å². The van der Waals surface area contributed by atoms with E-state index in [9.17, 15) is 13.9 Å². The molecule has 0 aliphatic rings. The number of aliphatic imine (C=N–C) groups is 1. The zero-order valence-electron chi connectivity index (χ0n) is 15.2. The molecule has 0 fully saturated rings. The van der Waals surface area contributed by atoms with Crippen LogP contribution in [0.4, 0.5) is 14.5 Å². The van der Waals surface area contributed by atoms with Crippen LogP contribution in [0.1, 0.15) is 45.2 Å². The number of alkyl halides is 2. The summed E-state index contributed by atoms with van der Waals surface area (Å²) in [5.41, 5.74) is 0.739. The number of aliphatic hydroxyl groups is 1. The van der Waals surface area contributed by atoms with E-state index in [1.54, 1.807) is 18.3 Å². The van der Waals surface area contributed by atoms with Crippen LogP contribution in [-0.2, 0) is 5.60 Å². The third-order valence-electron chi connectivity index (χ3n) is 4.68. The second kappa shape index (κ2) is 7.70. The van der Waals surface area contributed by atoms with Gasteiger partial charge in [-0.05, 0) is 38.7 Å². The Morgan fingerprint density at radius 3 is 2.60 bits per heavy atom. The largest absolute Gasteiger partial charge is 0.379 e. The van der Waals surface area contributed by atoms with Gasteiger partial charge in [-0.2, -0.15) is 0 Å². The topological polar surface area (TPSA) is 45.5 Å². The lowest BCUT2D eigenvalue weighted by Crippen LogP contribution is -2.30. The Balaban J connectivity index is 2.71. The van der Waals surface area contributed by atoms with Crippen LogP contribution < -0.4 is 0 Å². The highest BCUT2D eigenvalue weighted by Gasteiger charge is 2.37. The molecule has 1 N–H and O–H groups in total. The van der Waals surface area contributed by atoms with Gasteiger partial charge < -0.3 is 5.11 Å². The van der Waals surface area contributed by atoms with Gasteiger partial charge in [0.15, 0.2) is 0 Å². The lowest BCUT2D eigenvalue weighted by atomic mass is 9.90. The Labute approximate surface area is 151 Å². The van der Waals surface area contributed by atoms with Crippen molar-refractivity contribution in [2.24, 2.45) is 10.9 Å². The lowest BCUT2D eigenvalue weighted by molar-refractivity contribution is -0.0879. The predicted molar refractivity (Wildman–Crippen MR) is 100 cm³/mol. The Kier molecular flexibility index (Phi) is 6.06. The standard InChI is InChI=1S/C19H24F2N2OS/c1-6-11(2)13(4)23-16-12(3)14(17-22-9-10-25-17)7-8-15(16)19(5,24)18(20)21/h7-11,18,24H,6H2,1-5H3/b23-13-. The fourth-order valence-corrected chi connectivity index (χ4v) is 3.26. The fraction of sp³-hybridized carbons (Fsp3) is 0.474. The smallest absolute Gasteiger partial charge is 0.270 e. The summed E-state index contributed by atoms with van der Waals surface area (Å²) in [7, 11) is 0. The third kappa shape index (κ3) is 3.96. The van der Waals surface area contributed by atoms with Crippen molar-refractivity contribution in [2.45, 2.75) is 53.1 Å². The highest BCUT2D eigenvalue weighted by atomic mass is 32.1. The molecule has 0 aliphatic carbocycles. The Morgan fingerprint density at radius 1 is 1.40 bits per heavy atom. The molecule has 1 heterocycles. The van der Waals surface area contributed by atoms with Crippen molar-refractivity contribution in [2.75, 3.05) is 0 Å². The van der Waals surface area contributed by atoms with Crippen LogP contribution in [0.5, 0.6) is 0 Å².